The highest BCUT2D eigenvalue weighted by molar-refractivity contribution is 6.31. The summed E-state index contributed by atoms with van der Waals surface area (Å²) in [6, 6.07) is 9.40. The van der Waals surface area contributed by atoms with Crippen LogP contribution in [-0.2, 0) is 0 Å². The van der Waals surface area contributed by atoms with E-state index in [1.165, 1.54) is 13.2 Å². The summed E-state index contributed by atoms with van der Waals surface area (Å²) < 4.78 is 47.6. The number of ether oxygens (including phenoxy) is 1. The molecule has 10 heteroatoms. The van der Waals surface area contributed by atoms with E-state index >= 15 is 0 Å². The molecule has 0 spiro atoms. The third-order valence-electron chi connectivity index (χ3n) is 5.37. The Morgan fingerprint density at radius 3 is 2.62 bits per heavy atom. The second-order valence-corrected chi connectivity index (χ2v) is 7.99. The molecular formula is C22H20ClF3N4O2. The van der Waals surface area contributed by atoms with Crippen molar-refractivity contribution in [3.63, 3.8) is 0 Å². The smallest absolute Gasteiger partial charge is 0.410 e. The Bertz CT molecular complexity index is 1150. The van der Waals surface area contributed by atoms with Gasteiger partial charge in [-0.3, -0.25) is 4.79 Å². The SMILES string of the molecule is COc1ccc(Cl)cc1NC(=O)c1cnn2c1N[C@H](c1ccc(C)cc1)C[C@@H]2C(F)(F)F. The zero-order valence-corrected chi connectivity index (χ0v) is 18.0. The van der Waals surface area contributed by atoms with Crippen LogP contribution in [-0.4, -0.2) is 29.0 Å². The number of benzene rings is 2. The number of amides is 1. The van der Waals surface area contributed by atoms with Crippen LogP contribution in [0.25, 0.3) is 0 Å². The van der Waals surface area contributed by atoms with Crippen molar-refractivity contribution in [1.82, 2.24) is 9.78 Å². The number of aromatic nitrogens is 2. The van der Waals surface area contributed by atoms with Gasteiger partial charge in [-0.15, -0.1) is 0 Å². The van der Waals surface area contributed by atoms with Crippen LogP contribution < -0.4 is 15.4 Å². The van der Waals surface area contributed by atoms with E-state index in [1.807, 2.05) is 19.1 Å². The van der Waals surface area contributed by atoms with Gasteiger partial charge in [-0.2, -0.15) is 18.3 Å². The minimum Gasteiger partial charge on any atom is -0.495 e. The van der Waals surface area contributed by atoms with Gasteiger partial charge in [-0.1, -0.05) is 41.4 Å². The second-order valence-electron chi connectivity index (χ2n) is 7.55. The first kappa shape index (κ1) is 22.0. The van der Waals surface area contributed by atoms with Crippen molar-refractivity contribution >= 4 is 29.0 Å². The summed E-state index contributed by atoms with van der Waals surface area (Å²) >= 11 is 6.00. The van der Waals surface area contributed by atoms with Gasteiger partial charge < -0.3 is 15.4 Å². The molecule has 0 fully saturated rings. The van der Waals surface area contributed by atoms with E-state index in [0.29, 0.717) is 22.0 Å². The van der Waals surface area contributed by atoms with Crippen molar-refractivity contribution in [2.75, 3.05) is 17.7 Å². The Balaban J connectivity index is 1.70. The van der Waals surface area contributed by atoms with Crippen LogP contribution in [0.15, 0.2) is 48.7 Å². The molecule has 1 amide bonds. The van der Waals surface area contributed by atoms with Crippen LogP contribution in [0.2, 0.25) is 5.02 Å². The van der Waals surface area contributed by atoms with E-state index in [-0.39, 0.29) is 17.8 Å². The van der Waals surface area contributed by atoms with E-state index in [0.717, 1.165) is 16.4 Å². The van der Waals surface area contributed by atoms with Crippen molar-refractivity contribution < 1.29 is 22.7 Å². The lowest BCUT2D eigenvalue weighted by Gasteiger charge is -2.34. The van der Waals surface area contributed by atoms with E-state index < -0.39 is 24.2 Å². The minimum absolute atomic E-state index is 0.00245. The molecule has 4 rings (SSSR count). The maximum absolute atomic E-state index is 13.9. The molecule has 2 atom stereocenters. The van der Waals surface area contributed by atoms with Crippen LogP contribution in [0.1, 0.15) is 40.0 Å². The molecule has 0 unspecified atom stereocenters. The van der Waals surface area contributed by atoms with E-state index in [1.54, 1.807) is 24.3 Å². The molecule has 0 radical (unpaired) electrons. The van der Waals surface area contributed by atoms with Gasteiger partial charge in [0.15, 0.2) is 6.04 Å². The first-order chi connectivity index (χ1) is 15.2. The van der Waals surface area contributed by atoms with Crippen LogP contribution >= 0.6 is 11.6 Å². The molecule has 1 aliphatic heterocycles. The number of hydrogen-bond donors (Lipinski definition) is 2. The fourth-order valence-electron chi connectivity index (χ4n) is 3.71. The molecule has 1 aliphatic rings. The Morgan fingerprint density at radius 2 is 1.97 bits per heavy atom. The lowest BCUT2D eigenvalue weighted by atomic mass is 9.96. The normalized spacial score (nSPS) is 17.9. The van der Waals surface area contributed by atoms with Gasteiger partial charge in [0.25, 0.3) is 5.91 Å². The summed E-state index contributed by atoms with van der Waals surface area (Å²) in [7, 11) is 1.43. The van der Waals surface area contributed by atoms with Crippen molar-refractivity contribution in [2.24, 2.45) is 0 Å². The number of aryl methyl sites for hydroxylation is 1. The topological polar surface area (TPSA) is 68.2 Å². The van der Waals surface area contributed by atoms with E-state index in [9.17, 15) is 18.0 Å². The summed E-state index contributed by atoms with van der Waals surface area (Å²) in [5.74, 6) is -0.269. The summed E-state index contributed by atoms with van der Waals surface area (Å²) in [5.41, 5.74) is 1.97. The lowest BCUT2D eigenvalue weighted by Crippen LogP contribution is -2.36. The number of halogens is 4. The fraction of sp³-hybridized carbons (Fsp3) is 0.273. The van der Waals surface area contributed by atoms with Crippen LogP contribution in [0.5, 0.6) is 5.75 Å². The second kappa shape index (κ2) is 8.38. The number of methoxy groups -OCH3 is 1. The van der Waals surface area contributed by atoms with Gasteiger partial charge in [0.1, 0.15) is 17.1 Å². The van der Waals surface area contributed by atoms with Gasteiger partial charge in [0, 0.05) is 11.4 Å². The van der Waals surface area contributed by atoms with Crippen LogP contribution in [0.4, 0.5) is 24.7 Å². The Morgan fingerprint density at radius 1 is 1.25 bits per heavy atom. The van der Waals surface area contributed by atoms with Crippen LogP contribution in [0.3, 0.4) is 0 Å². The maximum Gasteiger partial charge on any atom is 0.410 e. The number of carbonyl (C=O) groups is 1. The van der Waals surface area contributed by atoms with E-state index in [2.05, 4.69) is 15.7 Å². The maximum atomic E-state index is 13.9. The average molecular weight is 465 g/mol. The first-order valence-corrected chi connectivity index (χ1v) is 10.2. The molecule has 0 aliphatic carbocycles. The van der Waals surface area contributed by atoms with Gasteiger partial charge >= 0.3 is 6.18 Å². The Kier molecular flexibility index (Phi) is 5.77. The largest absolute Gasteiger partial charge is 0.495 e. The van der Waals surface area contributed by atoms with Gasteiger partial charge in [-0.25, -0.2) is 4.68 Å². The van der Waals surface area contributed by atoms with E-state index in [4.69, 9.17) is 16.3 Å². The van der Waals surface area contributed by atoms with Crippen LogP contribution in [0, 0.1) is 6.92 Å². The molecule has 2 heterocycles. The van der Waals surface area contributed by atoms with Crippen molar-refractivity contribution in [1.29, 1.82) is 0 Å². The highest BCUT2D eigenvalue weighted by Gasteiger charge is 2.47. The zero-order valence-electron chi connectivity index (χ0n) is 17.2. The molecule has 2 aromatic carbocycles. The average Bonchev–Trinajstić information content (AvgIpc) is 3.17. The molecule has 1 aromatic heterocycles. The lowest BCUT2D eigenvalue weighted by molar-refractivity contribution is -0.173. The Labute approximate surface area is 187 Å². The molecule has 168 valence electrons. The summed E-state index contributed by atoms with van der Waals surface area (Å²) in [5, 5.41) is 9.97. The highest BCUT2D eigenvalue weighted by Crippen LogP contribution is 2.44. The minimum atomic E-state index is -4.53. The summed E-state index contributed by atoms with van der Waals surface area (Å²) in [6.07, 6.45) is -3.65. The number of nitrogens with one attached hydrogen (secondary N) is 2. The van der Waals surface area contributed by atoms with Crippen molar-refractivity contribution in [3.8, 4) is 5.75 Å². The fourth-order valence-corrected chi connectivity index (χ4v) is 3.89. The predicted octanol–water partition coefficient (Wildman–Crippen LogP) is 5.77. The predicted molar refractivity (Wildman–Crippen MR) is 115 cm³/mol. The molecular weight excluding hydrogens is 445 g/mol. The highest BCUT2D eigenvalue weighted by atomic mass is 35.5. The molecule has 0 saturated heterocycles. The third-order valence-corrected chi connectivity index (χ3v) is 5.61. The molecule has 6 nitrogen and oxygen atoms in total. The molecule has 32 heavy (non-hydrogen) atoms. The number of fused-ring (bicyclic) bond motifs is 1. The van der Waals surface area contributed by atoms with Gasteiger partial charge in [-0.05, 0) is 30.7 Å². The number of hydrogen-bond acceptors (Lipinski definition) is 4. The zero-order chi connectivity index (χ0) is 23.0. The third kappa shape index (κ3) is 4.25. The number of nitrogens with zero attached hydrogens (tertiary/aromatic N) is 2. The quantitative estimate of drug-likeness (QED) is 0.514. The Hall–Kier alpha value is -3.20. The molecule has 0 bridgehead atoms. The number of alkyl halides is 3. The number of carbonyl (C=O) groups excluding carboxylic acids is 1. The van der Waals surface area contributed by atoms with Crippen molar-refractivity contribution in [3.05, 3.63) is 70.4 Å². The first-order valence-electron chi connectivity index (χ1n) is 9.79. The van der Waals surface area contributed by atoms with Gasteiger partial charge in [0.05, 0.1) is 25.0 Å². The molecule has 0 saturated carbocycles. The number of rotatable bonds is 4. The molecule has 3 aromatic rings. The summed E-state index contributed by atoms with van der Waals surface area (Å²) in [4.78, 5) is 13.0. The molecule has 2 N–H and O–H groups in total. The van der Waals surface area contributed by atoms with Crippen molar-refractivity contribution in [2.45, 2.75) is 31.6 Å². The standard InChI is InChI=1S/C22H20ClF3N4O2/c1-12-3-5-13(6-4-12)16-10-19(22(24,25)26)30-20(28-16)15(11-27-30)21(31)29-17-9-14(23)7-8-18(17)32-2/h3-9,11,16,19,28H,10H2,1-2H3,(H,29,31)/t16-,19+/m0/s1. The van der Waals surface area contributed by atoms with Gasteiger partial charge in [0.2, 0.25) is 0 Å². The monoisotopic (exact) mass is 464 g/mol. The summed E-state index contributed by atoms with van der Waals surface area (Å²) in [6.45, 7) is 1.90. The number of anilines is 2.